The molecule has 28 heavy (non-hydrogen) atoms. The van der Waals surface area contributed by atoms with Gasteiger partial charge in [0.05, 0.1) is 18.1 Å². The Morgan fingerprint density at radius 1 is 1.14 bits per heavy atom. The molecule has 0 spiro atoms. The van der Waals surface area contributed by atoms with Gasteiger partial charge in [-0.3, -0.25) is 19.0 Å². The van der Waals surface area contributed by atoms with E-state index >= 15 is 0 Å². The monoisotopic (exact) mass is 382 g/mol. The third-order valence-electron chi connectivity index (χ3n) is 4.09. The highest BCUT2D eigenvalue weighted by atomic mass is 16.5. The Labute approximate surface area is 162 Å². The SMILES string of the molecule is Cc1ccccc1OCC(=O)Nc1cnn(C)c1C(=O)NCc1cnn(C)c1. The van der Waals surface area contributed by atoms with Crippen molar-refractivity contribution < 1.29 is 14.3 Å². The second-order valence-electron chi connectivity index (χ2n) is 6.34. The van der Waals surface area contributed by atoms with Gasteiger partial charge in [0.15, 0.2) is 6.61 Å². The molecule has 0 atom stereocenters. The van der Waals surface area contributed by atoms with Crippen LogP contribution in [0.15, 0.2) is 42.9 Å². The van der Waals surface area contributed by atoms with Gasteiger partial charge in [0.2, 0.25) is 0 Å². The number of carbonyl (C=O) groups is 2. The number of nitrogens with zero attached hydrogens (tertiary/aromatic N) is 4. The molecule has 2 aromatic heterocycles. The smallest absolute Gasteiger partial charge is 0.271 e. The molecule has 0 unspecified atom stereocenters. The number of rotatable bonds is 7. The summed E-state index contributed by atoms with van der Waals surface area (Å²) in [6.45, 7) is 2.05. The molecule has 0 radical (unpaired) electrons. The fourth-order valence-electron chi connectivity index (χ4n) is 2.68. The van der Waals surface area contributed by atoms with Crippen molar-refractivity contribution in [1.82, 2.24) is 24.9 Å². The molecule has 9 heteroatoms. The Morgan fingerprint density at radius 3 is 2.64 bits per heavy atom. The first kappa shape index (κ1) is 19.2. The minimum absolute atomic E-state index is 0.170. The molecule has 146 valence electrons. The van der Waals surface area contributed by atoms with Crippen molar-refractivity contribution in [2.75, 3.05) is 11.9 Å². The predicted octanol–water partition coefficient (Wildman–Crippen LogP) is 1.41. The van der Waals surface area contributed by atoms with E-state index in [1.165, 1.54) is 10.9 Å². The lowest BCUT2D eigenvalue weighted by atomic mass is 10.2. The van der Waals surface area contributed by atoms with E-state index in [1.54, 1.807) is 31.0 Å². The molecule has 0 aliphatic rings. The largest absolute Gasteiger partial charge is 0.483 e. The van der Waals surface area contributed by atoms with E-state index in [-0.39, 0.29) is 24.1 Å². The van der Waals surface area contributed by atoms with E-state index in [9.17, 15) is 9.59 Å². The Kier molecular flexibility index (Phi) is 5.73. The second-order valence-corrected chi connectivity index (χ2v) is 6.34. The summed E-state index contributed by atoms with van der Waals surface area (Å²) >= 11 is 0. The van der Waals surface area contributed by atoms with Crippen LogP contribution in [0.4, 0.5) is 5.69 Å². The van der Waals surface area contributed by atoms with Crippen molar-refractivity contribution in [2.24, 2.45) is 14.1 Å². The predicted molar refractivity (Wildman–Crippen MR) is 103 cm³/mol. The highest BCUT2D eigenvalue weighted by Crippen LogP contribution is 2.17. The summed E-state index contributed by atoms with van der Waals surface area (Å²) in [6.07, 6.45) is 4.93. The molecule has 0 aliphatic carbocycles. The number of anilines is 1. The van der Waals surface area contributed by atoms with Crippen LogP contribution in [0.3, 0.4) is 0 Å². The zero-order valence-electron chi connectivity index (χ0n) is 16.0. The molecular weight excluding hydrogens is 360 g/mol. The van der Waals surface area contributed by atoms with Crippen molar-refractivity contribution in [3.63, 3.8) is 0 Å². The van der Waals surface area contributed by atoms with Crippen LogP contribution in [-0.4, -0.2) is 38.0 Å². The molecule has 0 saturated heterocycles. The van der Waals surface area contributed by atoms with Crippen molar-refractivity contribution in [3.8, 4) is 5.75 Å². The maximum absolute atomic E-state index is 12.6. The van der Waals surface area contributed by atoms with E-state index in [4.69, 9.17) is 4.74 Å². The molecule has 0 fully saturated rings. The van der Waals surface area contributed by atoms with Crippen molar-refractivity contribution in [1.29, 1.82) is 0 Å². The van der Waals surface area contributed by atoms with Gasteiger partial charge in [-0.25, -0.2) is 0 Å². The van der Waals surface area contributed by atoms with Gasteiger partial charge >= 0.3 is 0 Å². The average Bonchev–Trinajstić information content (AvgIpc) is 3.24. The third kappa shape index (κ3) is 4.56. The molecule has 2 heterocycles. The number of benzene rings is 1. The Morgan fingerprint density at radius 2 is 1.93 bits per heavy atom. The fraction of sp³-hybridized carbons (Fsp3) is 0.263. The normalized spacial score (nSPS) is 10.5. The van der Waals surface area contributed by atoms with Gasteiger partial charge in [-0.05, 0) is 18.6 Å². The lowest BCUT2D eigenvalue weighted by Gasteiger charge is -2.10. The van der Waals surface area contributed by atoms with Crippen LogP contribution in [0, 0.1) is 6.92 Å². The quantitative estimate of drug-likeness (QED) is 0.643. The molecule has 0 aliphatic heterocycles. The van der Waals surface area contributed by atoms with E-state index in [0.29, 0.717) is 18.0 Å². The van der Waals surface area contributed by atoms with Gasteiger partial charge in [0.1, 0.15) is 11.4 Å². The van der Waals surface area contributed by atoms with Crippen LogP contribution in [0.1, 0.15) is 21.6 Å². The zero-order valence-corrected chi connectivity index (χ0v) is 16.0. The van der Waals surface area contributed by atoms with Crippen molar-refractivity contribution in [3.05, 3.63) is 59.7 Å². The Balaban J connectivity index is 1.60. The number of nitrogens with one attached hydrogen (secondary N) is 2. The first-order chi connectivity index (χ1) is 13.4. The maximum Gasteiger partial charge on any atom is 0.271 e. The van der Waals surface area contributed by atoms with E-state index in [2.05, 4.69) is 20.8 Å². The summed E-state index contributed by atoms with van der Waals surface area (Å²) in [5, 5.41) is 13.6. The molecule has 2 N–H and O–H groups in total. The molecule has 9 nitrogen and oxygen atoms in total. The standard InChI is InChI=1S/C19H22N6O3/c1-13-6-4-5-7-16(13)28-12-17(26)23-15-10-22-25(3)18(15)19(27)20-8-14-9-21-24(2)11-14/h4-7,9-11H,8,12H2,1-3H3,(H,20,27)(H,23,26). The number of amides is 2. The fourth-order valence-corrected chi connectivity index (χ4v) is 2.68. The van der Waals surface area contributed by atoms with Gasteiger partial charge in [0.25, 0.3) is 11.8 Å². The Bertz CT molecular complexity index is 991. The van der Waals surface area contributed by atoms with Crippen LogP contribution < -0.4 is 15.4 Å². The number of aryl methyl sites for hydroxylation is 3. The van der Waals surface area contributed by atoms with Gasteiger partial charge in [-0.1, -0.05) is 18.2 Å². The summed E-state index contributed by atoms with van der Waals surface area (Å²) < 4.78 is 8.61. The second kappa shape index (κ2) is 8.38. The summed E-state index contributed by atoms with van der Waals surface area (Å²) in [5.41, 5.74) is 2.39. The van der Waals surface area contributed by atoms with E-state index in [0.717, 1.165) is 11.1 Å². The highest BCUT2D eigenvalue weighted by molar-refractivity contribution is 6.02. The third-order valence-corrected chi connectivity index (χ3v) is 4.09. The molecular formula is C19H22N6O3. The number of hydrogen-bond acceptors (Lipinski definition) is 5. The maximum atomic E-state index is 12.6. The lowest BCUT2D eigenvalue weighted by molar-refractivity contribution is -0.118. The number of para-hydroxylation sites is 1. The van der Waals surface area contributed by atoms with E-state index in [1.807, 2.05) is 31.3 Å². The first-order valence-corrected chi connectivity index (χ1v) is 8.70. The summed E-state index contributed by atoms with van der Waals surface area (Å²) in [6, 6.07) is 7.43. The van der Waals surface area contributed by atoms with Gasteiger partial charge in [-0.15, -0.1) is 0 Å². The summed E-state index contributed by atoms with van der Waals surface area (Å²) in [5.74, 6) is -0.0881. The minimum Gasteiger partial charge on any atom is -0.483 e. The minimum atomic E-state index is -0.377. The first-order valence-electron chi connectivity index (χ1n) is 8.70. The van der Waals surface area contributed by atoms with Gasteiger partial charge in [-0.2, -0.15) is 10.2 Å². The molecule has 0 bridgehead atoms. The van der Waals surface area contributed by atoms with Crippen molar-refractivity contribution in [2.45, 2.75) is 13.5 Å². The number of carbonyl (C=O) groups excluding carboxylic acids is 2. The molecule has 0 saturated carbocycles. The topological polar surface area (TPSA) is 103 Å². The molecule has 2 amide bonds. The van der Waals surface area contributed by atoms with Crippen LogP contribution in [0.2, 0.25) is 0 Å². The number of hydrogen-bond donors (Lipinski definition) is 2. The molecule has 1 aromatic carbocycles. The van der Waals surface area contributed by atoms with Gasteiger partial charge in [0, 0.05) is 32.4 Å². The van der Waals surface area contributed by atoms with Crippen LogP contribution in [-0.2, 0) is 25.4 Å². The highest BCUT2D eigenvalue weighted by Gasteiger charge is 2.19. The number of ether oxygens (including phenoxy) is 1. The van der Waals surface area contributed by atoms with Crippen LogP contribution >= 0.6 is 0 Å². The average molecular weight is 382 g/mol. The zero-order chi connectivity index (χ0) is 20.1. The van der Waals surface area contributed by atoms with Crippen LogP contribution in [0.5, 0.6) is 5.75 Å². The summed E-state index contributed by atoms with van der Waals surface area (Å²) in [4.78, 5) is 24.8. The lowest BCUT2D eigenvalue weighted by Crippen LogP contribution is -2.27. The summed E-state index contributed by atoms with van der Waals surface area (Å²) in [7, 11) is 3.44. The van der Waals surface area contributed by atoms with E-state index < -0.39 is 0 Å². The van der Waals surface area contributed by atoms with Crippen molar-refractivity contribution >= 4 is 17.5 Å². The molecule has 3 rings (SSSR count). The van der Waals surface area contributed by atoms with Gasteiger partial charge < -0.3 is 15.4 Å². The number of aromatic nitrogens is 4. The van der Waals surface area contributed by atoms with Crippen LogP contribution in [0.25, 0.3) is 0 Å². The Hall–Kier alpha value is -3.62. The molecule has 3 aromatic rings.